The molecule has 0 spiro atoms. The Labute approximate surface area is 165 Å². The highest BCUT2D eigenvalue weighted by molar-refractivity contribution is 7.14. The zero-order chi connectivity index (χ0) is 20.1. The molecule has 1 N–H and O–H groups in total. The van der Waals surface area contributed by atoms with Gasteiger partial charge in [-0.1, -0.05) is 6.07 Å². The molecule has 2 heterocycles. The first-order valence-corrected chi connectivity index (χ1v) is 9.28. The van der Waals surface area contributed by atoms with Gasteiger partial charge in [0.15, 0.2) is 6.61 Å². The summed E-state index contributed by atoms with van der Waals surface area (Å²) in [5.74, 6) is -1.39. The highest BCUT2D eigenvalue weighted by Crippen LogP contribution is 2.28. The molecule has 1 aliphatic rings. The minimum Gasteiger partial charge on any atom is -0.497 e. The molecule has 1 saturated heterocycles. The molecular formula is C19H17N3O5S. The normalized spacial score (nSPS) is 15.8. The number of benzene rings is 1. The van der Waals surface area contributed by atoms with Crippen molar-refractivity contribution in [3.05, 3.63) is 41.3 Å². The van der Waals surface area contributed by atoms with Crippen molar-refractivity contribution in [3.8, 4) is 11.8 Å². The van der Waals surface area contributed by atoms with Crippen LogP contribution in [-0.2, 0) is 19.1 Å². The van der Waals surface area contributed by atoms with Gasteiger partial charge in [-0.3, -0.25) is 14.4 Å². The van der Waals surface area contributed by atoms with Crippen LogP contribution >= 0.6 is 11.3 Å². The van der Waals surface area contributed by atoms with Crippen molar-refractivity contribution in [2.24, 2.45) is 5.92 Å². The van der Waals surface area contributed by atoms with E-state index in [0.29, 0.717) is 22.0 Å². The van der Waals surface area contributed by atoms with Gasteiger partial charge in [-0.25, -0.2) is 0 Å². The van der Waals surface area contributed by atoms with Gasteiger partial charge in [-0.05, 0) is 23.6 Å². The van der Waals surface area contributed by atoms with Gasteiger partial charge in [-0.2, -0.15) is 5.26 Å². The Bertz CT molecular complexity index is 949. The number of hydrogen-bond acceptors (Lipinski definition) is 7. The molecular weight excluding hydrogens is 382 g/mol. The zero-order valence-electron chi connectivity index (χ0n) is 15.0. The summed E-state index contributed by atoms with van der Waals surface area (Å²) in [7, 11) is 1.53. The number of carbonyl (C=O) groups excluding carboxylic acids is 3. The van der Waals surface area contributed by atoms with E-state index in [9.17, 15) is 14.4 Å². The number of thiophene rings is 1. The molecule has 1 atom stereocenters. The maximum absolute atomic E-state index is 12.3. The van der Waals surface area contributed by atoms with Crippen molar-refractivity contribution in [1.29, 1.82) is 5.26 Å². The van der Waals surface area contributed by atoms with Gasteiger partial charge in [0.05, 0.1) is 18.6 Å². The smallest absolute Gasteiger partial charge is 0.311 e. The molecule has 2 aromatic rings. The molecule has 0 aliphatic carbocycles. The molecule has 9 heteroatoms. The first-order valence-electron chi connectivity index (χ1n) is 8.40. The Kier molecular flexibility index (Phi) is 5.91. The third-order valence-corrected chi connectivity index (χ3v) is 5.04. The van der Waals surface area contributed by atoms with Crippen LogP contribution in [0, 0.1) is 17.2 Å². The topological polar surface area (TPSA) is 109 Å². The molecule has 1 aromatic carbocycles. The summed E-state index contributed by atoms with van der Waals surface area (Å²) in [6.07, 6.45) is 0.0150. The maximum atomic E-state index is 12.3. The van der Waals surface area contributed by atoms with E-state index < -0.39 is 24.4 Å². The molecule has 1 unspecified atom stereocenters. The van der Waals surface area contributed by atoms with Crippen LogP contribution in [0.15, 0.2) is 35.7 Å². The molecule has 0 radical (unpaired) electrons. The van der Waals surface area contributed by atoms with Crippen molar-refractivity contribution < 1.29 is 23.9 Å². The van der Waals surface area contributed by atoms with E-state index in [2.05, 4.69) is 5.32 Å². The van der Waals surface area contributed by atoms with Crippen LogP contribution in [0.25, 0.3) is 0 Å². The summed E-state index contributed by atoms with van der Waals surface area (Å²) >= 11 is 1.21. The Balaban J connectivity index is 1.54. The highest BCUT2D eigenvalue weighted by atomic mass is 32.1. The molecule has 144 valence electrons. The lowest BCUT2D eigenvalue weighted by Crippen LogP contribution is -2.28. The van der Waals surface area contributed by atoms with Crippen LogP contribution in [0.5, 0.6) is 5.75 Å². The number of hydrogen-bond donors (Lipinski definition) is 1. The van der Waals surface area contributed by atoms with Crippen molar-refractivity contribution in [1.82, 2.24) is 0 Å². The Hall–Kier alpha value is -3.38. The molecule has 1 aliphatic heterocycles. The number of carbonyl (C=O) groups is 3. The molecule has 2 amide bonds. The van der Waals surface area contributed by atoms with Gasteiger partial charge >= 0.3 is 5.97 Å². The van der Waals surface area contributed by atoms with Crippen LogP contribution in [0.3, 0.4) is 0 Å². The summed E-state index contributed by atoms with van der Waals surface area (Å²) in [5.41, 5.74) is 0.985. The minimum absolute atomic E-state index is 0.0150. The summed E-state index contributed by atoms with van der Waals surface area (Å²) in [4.78, 5) is 38.0. The molecule has 1 aromatic heterocycles. The number of nitrogens with zero attached hydrogens (tertiary/aromatic N) is 2. The van der Waals surface area contributed by atoms with Gasteiger partial charge < -0.3 is 19.7 Å². The predicted molar refractivity (Wildman–Crippen MR) is 102 cm³/mol. The summed E-state index contributed by atoms with van der Waals surface area (Å²) in [6, 6.07) is 10.5. The zero-order valence-corrected chi connectivity index (χ0v) is 15.8. The Morgan fingerprint density at radius 2 is 2.21 bits per heavy atom. The molecule has 8 nitrogen and oxygen atoms in total. The van der Waals surface area contributed by atoms with Crippen LogP contribution in [0.1, 0.15) is 12.0 Å². The highest BCUT2D eigenvalue weighted by Gasteiger charge is 2.36. The lowest BCUT2D eigenvalue weighted by atomic mass is 10.1. The second-order valence-electron chi connectivity index (χ2n) is 6.04. The molecule has 3 rings (SSSR count). The number of nitrogens with one attached hydrogen (secondary N) is 1. The van der Waals surface area contributed by atoms with E-state index in [0.717, 1.165) is 0 Å². The van der Waals surface area contributed by atoms with Gasteiger partial charge in [-0.15, -0.1) is 11.3 Å². The number of rotatable bonds is 6. The van der Waals surface area contributed by atoms with E-state index in [4.69, 9.17) is 14.7 Å². The second-order valence-corrected chi connectivity index (χ2v) is 6.95. The Morgan fingerprint density at radius 3 is 2.96 bits per heavy atom. The molecule has 28 heavy (non-hydrogen) atoms. The summed E-state index contributed by atoms with van der Waals surface area (Å²) in [5, 5.41) is 13.6. The van der Waals surface area contributed by atoms with Crippen LogP contribution < -0.4 is 15.0 Å². The van der Waals surface area contributed by atoms with Crippen LogP contribution in [0.4, 0.5) is 10.7 Å². The SMILES string of the molecule is COc1cccc(N2CC(C(=O)OCC(=O)Nc3sccc3C#N)CC2=O)c1. The second kappa shape index (κ2) is 8.54. The number of anilines is 2. The number of esters is 1. The number of methoxy groups -OCH3 is 1. The van der Waals surface area contributed by atoms with Crippen molar-refractivity contribution in [2.75, 3.05) is 30.5 Å². The third kappa shape index (κ3) is 4.29. The number of amides is 2. The molecule has 0 bridgehead atoms. The molecule has 0 saturated carbocycles. The standard InChI is InChI=1S/C19H17N3O5S/c1-26-15-4-2-3-14(8-15)22-10-13(7-17(22)24)19(25)27-11-16(23)21-18-12(9-20)5-6-28-18/h2-6,8,13H,7,10-11H2,1H3,(H,21,23). The fourth-order valence-corrected chi connectivity index (χ4v) is 3.56. The number of ether oxygens (including phenoxy) is 2. The lowest BCUT2D eigenvalue weighted by molar-refractivity contribution is -0.151. The summed E-state index contributed by atoms with van der Waals surface area (Å²) in [6.45, 7) is -0.304. The van der Waals surface area contributed by atoms with E-state index in [1.165, 1.54) is 23.3 Å². The largest absolute Gasteiger partial charge is 0.497 e. The van der Waals surface area contributed by atoms with Crippen LogP contribution in [-0.4, -0.2) is 38.0 Å². The quantitative estimate of drug-likeness (QED) is 0.746. The van der Waals surface area contributed by atoms with Gasteiger partial charge in [0.2, 0.25) is 5.91 Å². The minimum atomic E-state index is -0.650. The van der Waals surface area contributed by atoms with E-state index >= 15 is 0 Å². The van der Waals surface area contributed by atoms with Gasteiger partial charge in [0, 0.05) is 24.7 Å². The van der Waals surface area contributed by atoms with Crippen molar-refractivity contribution >= 4 is 39.8 Å². The van der Waals surface area contributed by atoms with Gasteiger partial charge in [0.1, 0.15) is 16.8 Å². The average molecular weight is 399 g/mol. The van der Waals surface area contributed by atoms with Crippen molar-refractivity contribution in [3.63, 3.8) is 0 Å². The maximum Gasteiger partial charge on any atom is 0.311 e. The van der Waals surface area contributed by atoms with Crippen LogP contribution in [0.2, 0.25) is 0 Å². The lowest BCUT2D eigenvalue weighted by Gasteiger charge is -2.17. The molecule has 1 fully saturated rings. The fraction of sp³-hybridized carbons (Fsp3) is 0.263. The third-order valence-electron chi connectivity index (χ3n) is 4.21. The van der Waals surface area contributed by atoms with E-state index in [-0.39, 0.29) is 18.9 Å². The van der Waals surface area contributed by atoms with E-state index in [1.54, 1.807) is 35.7 Å². The van der Waals surface area contributed by atoms with Crippen molar-refractivity contribution in [2.45, 2.75) is 6.42 Å². The fourth-order valence-electron chi connectivity index (χ4n) is 2.80. The number of nitriles is 1. The average Bonchev–Trinajstić information content (AvgIpc) is 3.32. The van der Waals surface area contributed by atoms with Gasteiger partial charge in [0.25, 0.3) is 5.91 Å². The monoisotopic (exact) mass is 399 g/mol. The first kappa shape index (κ1) is 19.4. The first-order chi connectivity index (χ1) is 13.5. The summed E-state index contributed by atoms with van der Waals surface area (Å²) < 4.78 is 10.2. The van der Waals surface area contributed by atoms with E-state index in [1.807, 2.05) is 6.07 Å². The predicted octanol–water partition coefficient (Wildman–Crippen LogP) is 2.16. The Morgan fingerprint density at radius 1 is 1.39 bits per heavy atom.